The van der Waals surface area contributed by atoms with Gasteiger partial charge in [-0.2, -0.15) is 10.1 Å². The third-order valence-electron chi connectivity index (χ3n) is 3.48. The van der Waals surface area contributed by atoms with Crippen LogP contribution in [-0.4, -0.2) is 14.8 Å². The first-order valence-corrected chi connectivity index (χ1v) is 8.23. The molecule has 3 heterocycles. The molecule has 1 aliphatic heterocycles. The number of thiophene rings is 1. The smallest absolute Gasteiger partial charge is 0.226 e. The fourth-order valence-corrected chi connectivity index (χ4v) is 3.70. The molecule has 2 aromatic heterocycles. The summed E-state index contributed by atoms with van der Waals surface area (Å²) in [6.45, 7) is 0. The Morgan fingerprint density at radius 2 is 2.14 bits per heavy atom. The molecule has 110 valence electrons. The van der Waals surface area contributed by atoms with Crippen molar-refractivity contribution in [3.8, 4) is 0 Å². The lowest BCUT2D eigenvalue weighted by atomic mass is 10.0. The molecule has 4 rings (SSSR count). The van der Waals surface area contributed by atoms with E-state index in [1.54, 1.807) is 17.4 Å². The van der Waals surface area contributed by atoms with Crippen LogP contribution in [0, 0.1) is 0 Å². The van der Waals surface area contributed by atoms with E-state index in [1.807, 2.05) is 28.3 Å². The molecule has 0 saturated heterocycles. The minimum absolute atomic E-state index is 0.124. The largest absolute Gasteiger partial charge is 0.323 e. The molecule has 0 saturated carbocycles. The molecule has 0 aliphatic carbocycles. The molecule has 7 heteroatoms. The highest BCUT2D eigenvalue weighted by molar-refractivity contribution is 7.11. The maximum atomic E-state index is 6.38. The molecule has 1 unspecified atom stereocenters. The van der Waals surface area contributed by atoms with E-state index in [0.29, 0.717) is 16.0 Å². The van der Waals surface area contributed by atoms with Crippen molar-refractivity contribution < 1.29 is 0 Å². The van der Waals surface area contributed by atoms with Gasteiger partial charge in [0.05, 0.1) is 10.6 Å². The highest BCUT2D eigenvalue weighted by atomic mass is 35.5. The summed E-state index contributed by atoms with van der Waals surface area (Å²) < 4.78 is 1.81. The molecule has 0 radical (unpaired) electrons. The summed E-state index contributed by atoms with van der Waals surface area (Å²) in [5.41, 5.74) is 1.94. The Morgan fingerprint density at radius 3 is 2.91 bits per heavy atom. The minimum atomic E-state index is -0.124. The number of hydrogen-bond donors (Lipinski definition) is 1. The monoisotopic (exact) mass is 348 g/mol. The summed E-state index contributed by atoms with van der Waals surface area (Å²) in [5.74, 6) is 0.696. The van der Waals surface area contributed by atoms with Crippen LogP contribution in [0.4, 0.5) is 5.95 Å². The van der Waals surface area contributed by atoms with E-state index < -0.39 is 0 Å². The molecule has 0 fully saturated rings. The SMILES string of the molecule is Clc1ccc(C2C=C(c3cccs3)Nc3ncnn32)c(Cl)c1. The summed E-state index contributed by atoms with van der Waals surface area (Å²) in [5, 5.41) is 10.9. The van der Waals surface area contributed by atoms with E-state index >= 15 is 0 Å². The number of benzene rings is 1. The van der Waals surface area contributed by atoms with Crippen molar-refractivity contribution >= 4 is 46.2 Å². The maximum absolute atomic E-state index is 6.38. The molecule has 1 aliphatic rings. The number of allylic oxidation sites excluding steroid dienone is 1. The van der Waals surface area contributed by atoms with E-state index in [1.165, 1.54) is 6.33 Å². The van der Waals surface area contributed by atoms with Crippen molar-refractivity contribution in [1.82, 2.24) is 14.8 Å². The van der Waals surface area contributed by atoms with Gasteiger partial charge in [-0.15, -0.1) is 11.3 Å². The van der Waals surface area contributed by atoms with Crippen LogP contribution >= 0.6 is 34.5 Å². The quantitative estimate of drug-likeness (QED) is 0.729. The van der Waals surface area contributed by atoms with Crippen molar-refractivity contribution in [3.63, 3.8) is 0 Å². The zero-order valence-corrected chi connectivity index (χ0v) is 13.5. The lowest BCUT2D eigenvalue weighted by molar-refractivity contribution is 0.612. The molecule has 4 nitrogen and oxygen atoms in total. The zero-order valence-electron chi connectivity index (χ0n) is 11.2. The average Bonchev–Trinajstić information content (AvgIpc) is 3.18. The Hall–Kier alpha value is -1.82. The van der Waals surface area contributed by atoms with Crippen LogP contribution in [0.15, 0.2) is 48.1 Å². The third kappa shape index (κ3) is 2.31. The number of rotatable bonds is 2. The van der Waals surface area contributed by atoms with Gasteiger partial charge < -0.3 is 5.32 Å². The van der Waals surface area contributed by atoms with E-state index in [0.717, 1.165) is 16.1 Å². The van der Waals surface area contributed by atoms with E-state index in [9.17, 15) is 0 Å². The van der Waals surface area contributed by atoms with Gasteiger partial charge in [0.25, 0.3) is 0 Å². The third-order valence-corrected chi connectivity index (χ3v) is 4.94. The summed E-state index contributed by atoms with van der Waals surface area (Å²) in [4.78, 5) is 5.42. The van der Waals surface area contributed by atoms with Crippen molar-refractivity contribution in [2.24, 2.45) is 0 Å². The average molecular weight is 349 g/mol. The van der Waals surface area contributed by atoms with Gasteiger partial charge in [-0.3, -0.25) is 0 Å². The van der Waals surface area contributed by atoms with E-state index in [-0.39, 0.29) is 6.04 Å². The van der Waals surface area contributed by atoms with Crippen LogP contribution in [0.3, 0.4) is 0 Å². The van der Waals surface area contributed by atoms with Gasteiger partial charge in [-0.25, -0.2) is 4.68 Å². The van der Waals surface area contributed by atoms with Crippen LogP contribution in [0.5, 0.6) is 0 Å². The Labute approximate surface area is 141 Å². The second-order valence-electron chi connectivity index (χ2n) is 4.82. The van der Waals surface area contributed by atoms with Crippen molar-refractivity contribution in [1.29, 1.82) is 0 Å². The Bertz CT molecular complexity index is 854. The number of anilines is 1. The molecule has 0 spiro atoms. The molecule has 1 aromatic carbocycles. The normalized spacial score (nSPS) is 16.8. The van der Waals surface area contributed by atoms with Crippen LogP contribution in [0.25, 0.3) is 5.70 Å². The highest BCUT2D eigenvalue weighted by Gasteiger charge is 2.25. The maximum Gasteiger partial charge on any atom is 0.226 e. The molecule has 22 heavy (non-hydrogen) atoms. The van der Waals surface area contributed by atoms with Crippen LogP contribution < -0.4 is 5.32 Å². The number of nitrogens with zero attached hydrogens (tertiary/aromatic N) is 3. The van der Waals surface area contributed by atoms with Crippen molar-refractivity contribution in [2.75, 3.05) is 5.32 Å². The second kappa shape index (κ2) is 5.43. The summed E-state index contributed by atoms with van der Waals surface area (Å²) >= 11 is 14.0. The Kier molecular flexibility index (Phi) is 3.41. The number of hydrogen-bond acceptors (Lipinski definition) is 4. The topological polar surface area (TPSA) is 42.7 Å². The van der Waals surface area contributed by atoms with Gasteiger partial charge in [0.1, 0.15) is 12.4 Å². The van der Waals surface area contributed by atoms with Gasteiger partial charge in [0.15, 0.2) is 0 Å². The fourth-order valence-electron chi connectivity index (χ4n) is 2.47. The van der Waals surface area contributed by atoms with Gasteiger partial charge in [0.2, 0.25) is 5.95 Å². The van der Waals surface area contributed by atoms with Crippen LogP contribution in [0.2, 0.25) is 10.0 Å². The lowest BCUT2D eigenvalue weighted by Crippen LogP contribution is -2.20. The Morgan fingerprint density at radius 1 is 1.23 bits per heavy atom. The second-order valence-corrected chi connectivity index (χ2v) is 6.61. The molecule has 1 N–H and O–H groups in total. The van der Waals surface area contributed by atoms with Gasteiger partial charge in [-0.05, 0) is 35.2 Å². The standard InChI is InChI=1S/C15H10Cl2N4S/c16-9-3-4-10(11(17)6-9)13-7-12(14-2-1-5-22-14)20-15-18-8-19-21(13)15/h1-8,13H,(H,18,19,20). The molecule has 0 amide bonds. The Balaban J connectivity index is 1.86. The van der Waals surface area contributed by atoms with Gasteiger partial charge in [-0.1, -0.05) is 35.3 Å². The zero-order chi connectivity index (χ0) is 15.1. The predicted octanol–water partition coefficient (Wildman–Crippen LogP) is 4.70. The van der Waals surface area contributed by atoms with E-state index in [4.69, 9.17) is 23.2 Å². The molecular weight excluding hydrogens is 339 g/mol. The van der Waals surface area contributed by atoms with Crippen molar-refractivity contribution in [2.45, 2.75) is 6.04 Å². The lowest BCUT2D eigenvalue weighted by Gasteiger charge is -2.24. The number of nitrogens with one attached hydrogen (secondary N) is 1. The highest BCUT2D eigenvalue weighted by Crippen LogP contribution is 2.36. The summed E-state index contributed by atoms with van der Waals surface area (Å²) in [6.07, 6.45) is 3.63. The molecular formula is C15H10Cl2N4S. The minimum Gasteiger partial charge on any atom is -0.323 e. The van der Waals surface area contributed by atoms with Crippen LogP contribution in [0.1, 0.15) is 16.5 Å². The first-order valence-electron chi connectivity index (χ1n) is 6.59. The summed E-state index contributed by atoms with van der Waals surface area (Å²) in [7, 11) is 0. The first-order chi connectivity index (χ1) is 10.7. The number of aromatic nitrogens is 3. The van der Waals surface area contributed by atoms with Crippen molar-refractivity contribution in [3.05, 3.63) is 68.6 Å². The van der Waals surface area contributed by atoms with E-state index in [2.05, 4.69) is 27.5 Å². The molecule has 3 aromatic rings. The number of fused-ring (bicyclic) bond motifs is 1. The molecule has 1 atom stereocenters. The number of halogens is 2. The predicted molar refractivity (Wildman–Crippen MR) is 90.5 cm³/mol. The fraction of sp³-hybridized carbons (Fsp3) is 0.0667. The summed E-state index contributed by atoms with van der Waals surface area (Å²) in [6, 6.07) is 9.47. The first kappa shape index (κ1) is 13.8. The van der Waals surface area contributed by atoms with Gasteiger partial charge >= 0.3 is 0 Å². The van der Waals surface area contributed by atoms with Gasteiger partial charge in [0, 0.05) is 10.0 Å². The molecule has 0 bridgehead atoms. The van der Waals surface area contributed by atoms with Crippen LogP contribution in [-0.2, 0) is 0 Å².